The van der Waals surface area contributed by atoms with Gasteiger partial charge in [0.05, 0.1) is 12.2 Å². The van der Waals surface area contributed by atoms with E-state index in [0.717, 1.165) is 37.8 Å². The van der Waals surface area contributed by atoms with E-state index in [0.29, 0.717) is 5.41 Å². The summed E-state index contributed by atoms with van der Waals surface area (Å²) in [5.41, 5.74) is -0.936. The van der Waals surface area contributed by atoms with Gasteiger partial charge < -0.3 is 18.9 Å². The molecule has 12 heteroatoms. The minimum absolute atomic E-state index is 0.107. The van der Waals surface area contributed by atoms with Gasteiger partial charge >= 0.3 is 12.1 Å². The smallest absolute Gasteiger partial charge is 0.433 e. The highest BCUT2D eigenvalue weighted by Crippen LogP contribution is 2.42. The van der Waals surface area contributed by atoms with Crippen molar-refractivity contribution in [1.82, 2.24) is 9.88 Å². The van der Waals surface area contributed by atoms with E-state index in [-0.39, 0.29) is 29.9 Å². The first kappa shape index (κ1) is 37.2. The van der Waals surface area contributed by atoms with E-state index < -0.39 is 23.5 Å². The van der Waals surface area contributed by atoms with Crippen LogP contribution in [0.3, 0.4) is 0 Å². The Labute approximate surface area is 253 Å². The van der Waals surface area contributed by atoms with Crippen molar-refractivity contribution in [3.8, 4) is 5.88 Å². The summed E-state index contributed by atoms with van der Waals surface area (Å²) in [7, 11) is 0. The van der Waals surface area contributed by atoms with Crippen molar-refractivity contribution in [3.05, 3.63) is 23.9 Å². The van der Waals surface area contributed by atoms with Crippen molar-refractivity contribution in [2.75, 3.05) is 26.2 Å². The molecule has 4 rings (SSSR count). The lowest BCUT2D eigenvalue weighted by Crippen LogP contribution is -2.60. The summed E-state index contributed by atoms with van der Waals surface area (Å²) in [6.07, 6.45) is 3.60. The molecule has 8 nitrogen and oxygen atoms in total. The summed E-state index contributed by atoms with van der Waals surface area (Å²) in [5.74, 6) is -1.38. The molecule has 0 radical (unpaired) electrons. The summed E-state index contributed by atoms with van der Waals surface area (Å²) in [6, 6.07) is 2.71. The van der Waals surface area contributed by atoms with Crippen molar-refractivity contribution in [1.29, 1.82) is 0 Å². The van der Waals surface area contributed by atoms with Gasteiger partial charge in [0.1, 0.15) is 17.4 Å². The maximum absolute atomic E-state index is 11.9. The van der Waals surface area contributed by atoms with Crippen LogP contribution in [0, 0.1) is 5.41 Å². The fourth-order valence-corrected chi connectivity index (χ4v) is 5.84. The van der Waals surface area contributed by atoms with E-state index in [1.165, 1.54) is 52.1 Å². The molecule has 1 aromatic heterocycles. The van der Waals surface area contributed by atoms with E-state index >= 15 is 0 Å². The Morgan fingerprint density at radius 2 is 1.77 bits per heavy atom. The zero-order valence-corrected chi connectivity index (χ0v) is 26.9. The minimum atomic E-state index is -4.57. The average Bonchev–Trinajstić information content (AvgIpc) is 3.20. The number of aromatic nitrogens is 1. The highest BCUT2D eigenvalue weighted by molar-refractivity contribution is 5.66. The minimum Gasteiger partial charge on any atom is -0.460 e. The van der Waals surface area contributed by atoms with Crippen LogP contribution in [0.15, 0.2) is 18.2 Å². The number of hydrogen-bond donors (Lipinski definition) is 0. The second kappa shape index (κ2) is 15.8. The average molecular weight is 623 g/mol. The molecule has 1 aromatic rings. The summed E-state index contributed by atoms with van der Waals surface area (Å²) < 4.78 is 70.0. The Kier molecular flexibility index (Phi) is 13.7. The second-order valence-corrected chi connectivity index (χ2v) is 13.0. The molecule has 0 amide bonds. The molecular weight excluding hydrogens is 572 g/mol. The Morgan fingerprint density at radius 1 is 1.09 bits per heavy atom. The number of nitrogens with zero attached hydrogens (tertiary/aromatic N) is 2. The van der Waals surface area contributed by atoms with Crippen LogP contribution in [0.4, 0.5) is 17.7 Å². The zero-order valence-electron chi connectivity index (χ0n) is 26.9. The number of likely N-dealkylation sites (tertiary alicyclic amines) is 1. The molecule has 3 unspecified atom stereocenters. The standard InChI is InChI=1S/C19H35NO3.C6H3F4NO.C6H12O2/c1-5-7-10-19(9-6-2)13-20(14-19)12-16-17-15(8-11-21-16)22-18(3,4)23-17;7-6(8,9)4-2-1-3-5(11-4)12-10;1-5(7)8-6(2,3)4/h15-17H,5-14H2,1-4H3;1-3H;1-4H3. The lowest BCUT2D eigenvalue weighted by molar-refractivity contribution is -0.159. The highest BCUT2D eigenvalue weighted by atomic mass is 19.4. The largest absolute Gasteiger partial charge is 0.460 e. The Hall–Kier alpha value is -2.02. The Bertz CT molecular complexity index is 995. The van der Waals surface area contributed by atoms with Crippen molar-refractivity contribution >= 4 is 5.97 Å². The number of rotatable bonds is 8. The summed E-state index contributed by atoms with van der Waals surface area (Å²) >= 11 is 0. The maximum Gasteiger partial charge on any atom is 0.433 e. The molecule has 3 atom stereocenters. The molecule has 43 heavy (non-hydrogen) atoms. The molecule has 0 saturated carbocycles. The molecule has 3 aliphatic heterocycles. The van der Waals surface area contributed by atoms with Crippen LogP contribution in [-0.4, -0.2) is 71.8 Å². The summed E-state index contributed by atoms with van der Waals surface area (Å²) in [6.45, 7) is 19.9. The SMILES string of the molecule is CC(=O)OC(C)(C)C.CCCCC1(CCC)CN(CC2OCCC3OC(C)(C)OC23)C1.FOc1cccc(C(F)(F)F)n1. The molecule has 4 heterocycles. The molecule has 3 aliphatic rings. The van der Waals surface area contributed by atoms with Crippen molar-refractivity contribution in [3.63, 3.8) is 0 Å². The van der Waals surface area contributed by atoms with Crippen molar-refractivity contribution in [2.24, 2.45) is 5.41 Å². The van der Waals surface area contributed by atoms with Crippen LogP contribution in [0.1, 0.15) is 99.6 Å². The van der Waals surface area contributed by atoms with Gasteiger partial charge in [0.15, 0.2) is 5.79 Å². The molecule has 248 valence electrons. The number of hydrogen-bond acceptors (Lipinski definition) is 8. The molecule has 0 aliphatic carbocycles. The van der Waals surface area contributed by atoms with Crippen LogP contribution in [-0.2, 0) is 29.9 Å². The van der Waals surface area contributed by atoms with Gasteiger partial charge in [-0.15, -0.1) is 0 Å². The zero-order chi connectivity index (χ0) is 32.5. The van der Waals surface area contributed by atoms with Crippen molar-refractivity contribution < 1.29 is 46.4 Å². The number of esters is 1. The fourth-order valence-electron chi connectivity index (χ4n) is 5.84. The van der Waals surface area contributed by atoms with Gasteiger partial charge in [-0.1, -0.05) is 39.2 Å². The first-order valence-corrected chi connectivity index (χ1v) is 15.1. The van der Waals surface area contributed by atoms with E-state index in [1.807, 2.05) is 34.6 Å². The predicted molar refractivity (Wildman–Crippen MR) is 154 cm³/mol. The lowest BCUT2D eigenvalue weighted by Gasteiger charge is -2.52. The van der Waals surface area contributed by atoms with Gasteiger partial charge in [0, 0.05) is 43.8 Å². The Balaban J connectivity index is 0.000000269. The monoisotopic (exact) mass is 622 g/mol. The van der Waals surface area contributed by atoms with Gasteiger partial charge in [-0.2, -0.15) is 13.2 Å². The molecule has 3 saturated heterocycles. The van der Waals surface area contributed by atoms with Gasteiger partial charge in [0.2, 0.25) is 0 Å². The number of alkyl halides is 3. The van der Waals surface area contributed by atoms with E-state index in [9.17, 15) is 22.5 Å². The number of carbonyl (C=O) groups is 1. The molecule has 0 spiro atoms. The Morgan fingerprint density at radius 3 is 2.28 bits per heavy atom. The quantitative estimate of drug-likeness (QED) is 0.221. The molecule has 3 fully saturated rings. The molecule has 0 aromatic carbocycles. The van der Waals surface area contributed by atoms with Crippen LogP contribution in [0.5, 0.6) is 5.88 Å². The topological polar surface area (TPSA) is 79.4 Å². The number of pyridine rings is 1. The summed E-state index contributed by atoms with van der Waals surface area (Å²) in [5, 5.41) is 0. The third-order valence-electron chi connectivity index (χ3n) is 7.26. The van der Waals surface area contributed by atoms with E-state index in [4.69, 9.17) is 18.9 Å². The van der Waals surface area contributed by atoms with Crippen LogP contribution in [0.2, 0.25) is 0 Å². The molecular formula is C31H50F4N2O6. The third kappa shape index (κ3) is 12.5. The summed E-state index contributed by atoms with van der Waals surface area (Å²) in [4.78, 5) is 18.7. The molecule has 0 bridgehead atoms. The number of fused-ring (bicyclic) bond motifs is 1. The number of halogens is 4. The van der Waals surface area contributed by atoms with Gasteiger partial charge in [0.25, 0.3) is 5.88 Å². The predicted octanol–water partition coefficient (Wildman–Crippen LogP) is 7.30. The number of carbonyl (C=O) groups excluding carboxylic acids is 1. The maximum atomic E-state index is 11.9. The second-order valence-electron chi connectivity index (χ2n) is 13.0. The van der Waals surface area contributed by atoms with E-state index in [2.05, 4.69) is 28.7 Å². The first-order valence-electron chi connectivity index (χ1n) is 15.1. The highest BCUT2D eigenvalue weighted by Gasteiger charge is 2.50. The first-order chi connectivity index (χ1) is 19.9. The fraction of sp³-hybridized carbons (Fsp3) is 0.806. The number of ether oxygens (including phenoxy) is 4. The number of unbranched alkanes of at least 4 members (excludes halogenated alkanes) is 1. The molecule has 0 N–H and O–H groups in total. The normalized spacial score (nSPS) is 24.3. The van der Waals surface area contributed by atoms with Crippen LogP contribution >= 0.6 is 0 Å². The lowest BCUT2D eigenvalue weighted by atomic mass is 9.72. The van der Waals surface area contributed by atoms with Gasteiger partial charge in [-0.25, -0.2) is 4.98 Å². The van der Waals surface area contributed by atoms with E-state index in [1.54, 1.807) is 0 Å². The van der Waals surface area contributed by atoms with Crippen LogP contribution in [0.25, 0.3) is 0 Å². The third-order valence-corrected chi connectivity index (χ3v) is 7.26. The van der Waals surface area contributed by atoms with Gasteiger partial charge in [-0.3, -0.25) is 14.6 Å². The van der Waals surface area contributed by atoms with Crippen LogP contribution < -0.4 is 4.94 Å². The van der Waals surface area contributed by atoms with Gasteiger partial charge in [-0.05, 0) is 65.4 Å². The van der Waals surface area contributed by atoms with Crippen molar-refractivity contribution in [2.45, 2.75) is 130 Å².